The minimum Gasteiger partial charge on any atom is -0.462 e. The molecule has 7 fully saturated rings. The van der Waals surface area contributed by atoms with E-state index in [0.29, 0.717) is 24.2 Å². The van der Waals surface area contributed by atoms with Gasteiger partial charge in [-0.25, -0.2) is 0 Å². The molecule has 0 bridgehead atoms. The van der Waals surface area contributed by atoms with Crippen molar-refractivity contribution in [3.63, 3.8) is 0 Å². The van der Waals surface area contributed by atoms with Crippen molar-refractivity contribution >= 4 is 5.97 Å². The average Bonchev–Trinajstić information content (AvgIpc) is 3.47. The maximum absolute atomic E-state index is 12.6. The average molecular weight is 593 g/mol. The molecule has 0 amide bonds. The summed E-state index contributed by atoms with van der Waals surface area (Å²) in [4.78, 5) is 12.6. The fourth-order valence-electron chi connectivity index (χ4n) is 12.9. The van der Waals surface area contributed by atoms with Crippen molar-refractivity contribution in [3.8, 4) is 0 Å². The number of aliphatic hydroxyl groups is 4. The Labute approximate surface area is 249 Å². The Kier molecular flexibility index (Phi) is 6.66. The number of hydrogen-bond donors (Lipinski definition) is 4. The number of esters is 1. The first kappa shape index (κ1) is 29.9. The summed E-state index contributed by atoms with van der Waals surface area (Å²) < 4.78 is 24.6. The first-order chi connectivity index (χ1) is 19.6. The molecule has 42 heavy (non-hydrogen) atoms. The van der Waals surface area contributed by atoms with Crippen molar-refractivity contribution in [1.29, 1.82) is 0 Å². The number of carbonyl (C=O) groups is 1. The van der Waals surface area contributed by atoms with Gasteiger partial charge in [0.1, 0.15) is 24.4 Å². The summed E-state index contributed by atoms with van der Waals surface area (Å²) in [5, 5.41) is 41.4. The highest BCUT2D eigenvalue weighted by molar-refractivity contribution is 5.66. The smallest absolute Gasteiger partial charge is 0.302 e. The monoisotopic (exact) mass is 592 g/mol. The molecule has 0 unspecified atom stereocenters. The summed E-state index contributed by atoms with van der Waals surface area (Å²) in [5.41, 5.74) is -0.0446. The molecule has 7 rings (SSSR count). The Balaban J connectivity index is 1.22. The number of carbonyl (C=O) groups excluding carboxylic acids is 1. The van der Waals surface area contributed by atoms with E-state index in [1.807, 2.05) is 0 Å². The molecule has 0 radical (unpaired) electrons. The summed E-state index contributed by atoms with van der Waals surface area (Å²) >= 11 is 0. The summed E-state index contributed by atoms with van der Waals surface area (Å²) in [6.45, 7) is 13.1. The van der Waals surface area contributed by atoms with Crippen molar-refractivity contribution in [2.75, 3.05) is 6.61 Å². The Morgan fingerprint density at radius 2 is 1.67 bits per heavy atom. The van der Waals surface area contributed by atoms with Crippen LogP contribution < -0.4 is 0 Å². The second-order valence-corrected chi connectivity index (χ2v) is 16.5. The van der Waals surface area contributed by atoms with Crippen molar-refractivity contribution in [2.45, 2.75) is 142 Å². The van der Waals surface area contributed by atoms with Gasteiger partial charge in [0.25, 0.3) is 0 Å². The van der Waals surface area contributed by atoms with Gasteiger partial charge in [0, 0.05) is 19.3 Å². The number of fused-ring (bicyclic) bond motifs is 4. The Morgan fingerprint density at radius 1 is 0.929 bits per heavy atom. The summed E-state index contributed by atoms with van der Waals surface area (Å²) in [7, 11) is 0. The summed E-state index contributed by atoms with van der Waals surface area (Å²) in [6, 6.07) is 0. The molecule has 238 valence electrons. The number of hydrogen-bond acceptors (Lipinski definition) is 9. The Bertz CT molecular complexity index is 1110. The van der Waals surface area contributed by atoms with Crippen molar-refractivity contribution in [2.24, 2.45) is 50.7 Å². The molecule has 16 atom stereocenters. The van der Waals surface area contributed by atoms with Gasteiger partial charge >= 0.3 is 5.97 Å². The van der Waals surface area contributed by atoms with E-state index in [9.17, 15) is 25.2 Å². The van der Waals surface area contributed by atoms with Crippen LogP contribution in [0.5, 0.6) is 0 Å². The van der Waals surface area contributed by atoms with Crippen LogP contribution in [-0.4, -0.2) is 82.2 Å². The highest BCUT2D eigenvalue weighted by Gasteiger charge is 2.85. The second-order valence-electron chi connectivity index (χ2n) is 16.5. The van der Waals surface area contributed by atoms with E-state index in [-0.39, 0.29) is 63.9 Å². The molecule has 2 aliphatic heterocycles. The number of ether oxygens (including phenoxy) is 4. The van der Waals surface area contributed by atoms with E-state index < -0.39 is 30.9 Å². The van der Waals surface area contributed by atoms with Gasteiger partial charge in [0.2, 0.25) is 0 Å². The maximum Gasteiger partial charge on any atom is 0.302 e. The third-order valence-electron chi connectivity index (χ3n) is 14.6. The zero-order valence-electron chi connectivity index (χ0n) is 26.1. The third-order valence-corrected chi connectivity index (χ3v) is 14.6. The Hall–Kier alpha value is -0.810. The molecule has 9 heteroatoms. The lowest BCUT2D eigenvalue weighted by Crippen LogP contribution is -2.63. The molecule has 9 nitrogen and oxygen atoms in total. The number of aliphatic hydroxyl groups excluding tert-OH is 4. The van der Waals surface area contributed by atoms with Crippen LogP contribution >= 0.6 is 0 Å². The minimum atomic E-state index is -1.34. The molecule has 5 aliphatic carbocycles. The predicted molar refractivity (Wildman–Crippen MR) is 150 cm³/mol. The molecule has 0 aromatic heterocycles. The van der Waals surface area contributed by atoms with E-state index in [1.54, 1.807) is 0 Å². The molecule has 5 saturated carbocycles. The van der Waals surface area contributed by atoms with Gasteiger partial charge in [-0.05, 0) is 89.8 Å². The summed E-state index contributed by atoms with van der Waals surface area (Å²) in [5.74, 6) is 1.05. The lowest BCUT2D eigenvalue weighted by atomic mass is 9.41. The van der Waals surface area contributed by atoms with Crippen LogP contribution in [0.3, 0.4) is 0 Å². The van der Waals surface area contributed by atoms with Gasteiger partial charge in [-0.3, -0.25) is 4.79 Å². The van der Waals surface area contributed by atoms with Gasteiger partial charge in [-0.1, -0.05) is 34.6 Å². The van der Waals surface area contributed by atoms with E-state index in [4.69, 9.17) is 18.9 Å². The molecule has 2 spiro atoms. The zero-order chi connectivity index (χ0) is 30.2. The van der Waals surface area contributed by atoms with E-state index >= 15 is 0 Å². The molecule has 2 heterocycles. The van der Waals surface area contributed by atoms with Crippen LogP contribution in [0.15, 0.2) is 0 Å². The van der Waals surface area contributed by atoms with Crippen LogP contribution in [0.25, 0.3) is 0 Å². The normalized spacial score (nSPS) is 59.4. The van der Waals surface area contributed by atoms with Gasteiger partial charge < -0.3 is 39.4 Å². The minimum absolute atomic E-state index is 0.0142. The SMILES string of the molecule is CC(=O)O[C@H]1C[C@@H]2[C@@]3(CC[C@]4(C)[C@H]5[C@H](C)C[C@H](O)O[C@H]5C[C@@]24C)C[C@@]32CC[C@H](O[C@@H]3OC[C@@H](O)[C@H](O)[C@H]3O)C(C)(C)[C@H]12. The fourth-order valence-corrected chi connectivity index (χ4v) is 12.9. The first-order valence-electron chi connectivity index (χ1n) is 16.4. The van der Waals surface area contributed by atoms with Crippen LogP contribution in [0, 0.1) is 50.7 Å². The van der Waals surface area contributed by atoms with Crippen molar-refractivity contribution in [1.82, 2.24) is 0 Å². The van der Waals surface area contributed by atoms with Gasteiger partial charge in [-0.2, -0.15) is 0 Å². The van der Waals surface area contributed by atoms with Crippen molar-refractivity contribution < 1.29 is 44.2 Å². The van der Waals surface area contributed by atoms with E-state index in [2.05, 4.69) is 34.6 Å². The molecule has 0 aromatic rings. The van der Waals surface area contributed by atoms with Gasteiger partial charge in [0.05, 0.1) is 18.8 Å². The van der Waals surface area contributed by atoms with Gasteiger partial charge in [0.15, 0.2) is 12.6 Å². The third kappa shape index (κ3) is 3.71. The topological polar surface area (TPSA) is 135 Å². The highest BCUT2D eigenvalue weighted by atomic mass is 16.7. The van der Waals surface area contributed by atoms with Crippen LogP contribution in [-0.2, 0) is 23.7 Å². The molecule has 2 saturated heterocycles. The maximum atomic E-state index is 12.6. The molecule has 7 aliphatic rings. The predicted octanol–water partition coefficient (Wildman–Crippen LogP) is 3.14. The molecular formula is C33H52O9. The van der Waals surface area contributed by atoms with Crippen LogP contribution in [0.4, 0.5) is 0 Å². The molecule has 0 aromatic carbocycles. The van der Waals surface area contributed by atoms with Crippen LogP contribution in [0.2, 0.25) is 0 Å². The zero-order valence-corrected chi connectivity index (χ0v) is 26.1. The summed E-state index contributed by atoms with van der Waals surface area (Å²) in [6.07, 6.45) is 1.69. The first-order valence-corrected chi connectivity index (χ1v) is 16.4. The largest absolute Gasteiger partial charge is 0.462 e. The molecule has 4 N–H and O–H groups in total. The van der Waals surface area contributed by atoms with Crippen molar-refractivity contribution in [3.05, 3.63) is 0 Å². The second kappa shape index (κ2) is 9.36. The molecular weight excluding hydrogens is 540 g/mol. The van der Waals surface area contributed by atoms with Crippen LogP contribution in [0.1, 0.15) is 92.9 Å². The fraction of sp³-hybridized carbons (Fsp3) is 0.970. The highest BCUT2D eigenvalue weighted by Crippen LogP contribution is 2.89. The standard InChI is InChI=1S/C33H52O9/c1-16-11-23(36)41-20-13-31(6)21-12-19(40-17(2)34)27-29(3,4)22(42-28-26(38)25(37)18(35)14-39-28)7-8-33(27)15-32(21,33)10-9-30(31,5)24(16)20/h16,18-28,35-38H,7-15H2,1-6H3/t16-,18-,19+,20+,21+,22+,23-,24+,25+,26-,27+,28+,30-,31+,32-,33-/m1/s1. The Morgan fingerprint density at radius 3 is 2.38 bits per heavy atom. The quantitative estimate of drug-likeness (QED) is 0.288. The van der Waals surface area contributed by atoms with E-state index in [0.717, 1.165) is 38.5 Å². The van der Waals surface area contributed by atoms with Gasteiger partial charge in [-0.15, -0.1) is 0 Å². The lowest BCUT2D eigenvalue weighted by molar-refractivity contribution is -0.307. The number of rotatable bonds is 3. The lowest BCUT2D eigenvalue weighted by Gasteiger charge is -2.64. The van der Waals surface area contributed by atoms with E-state index in [1.165, 1.54) is 13.3 Å².